The first-order valence-electron chi connectivity index (χ1n) is 9.05. The van der Waals surface area contributed by atoms with E-state index >= 15 is 0 Å². The van der Waals surface area contributed by atoms with Crippen LogP contribution < -0.4 is 9.44 Å². The van der Waals surface area contributed by atoms with Gasteiger partial charge in [0.15, 0.2) is 0 Å². The Bertz CT molecular complexity index is 1040. The van der Waals surface area contributed by atoms with Gasteiger partial charge in [0, 0.05) is 6.54 Å². The van der Waals surface area contributed by atoms with Crippen LogP contribution in [-0.4, -0.2) is 31.9 Å². The number of alkyl halides is 3. The maximum absolute atomic E-state index is 13.0. The molecule has 6 nitrogen and oxygen atoms in total. The summed E-state index contributed by atoms with van der Waals surface area (Å²) in [5, 5.41) is -1.33. The van der Waals surface area contributed by atoms with Crippen molar-refractivity contribution in [2.45, 2.75) is 46.8 Å². The first-order valence-corrected chi connectivity index (χ1v) is 13.2. The average Bonchev–Trinajstić information content (AvgIpc) is 2.66. The van der Waals surface area contributed by atoms with Crippen molar-refractivity contribution in [2.75, 3.05) is 0 Å². The molecule has 0 aliphatic carbocycles. The first kappa shape index (κ1) is 25.4. The zero-order chi connectivity index (χ0) is 22.6. The number of aryl methyl sites for hydroxylation is 1. The van der Waals surface area contributed by atoms with Gasteiger partial charge in [-0.15, -0.1) is 0 Å². The summed E-state index contributed by atoms with van der Waals surface area (Å²) in [4.78, 5) is -0.0585. The summed E-state index contributed by atoms with van der Waals surface area (Å²) < 4.78 is 54.1. The number of hydrogen-bond donors (Lipinski definition) is 2. The van der Waals surface area contributed by atoms with Gasteiger partial charge in [0.2, 0.25) is 23.8 Å². The van der Waals surface area contributed by atoms with Crippen molar-refractivity contribution in [3.8, 4) is 0 Å². The van der Waals surface area contributed by atoms with Gasteiger partial charge in [0.25, 0.3) is 0 Å². The molecule has 2 atom stereocenters. The molecule has 0 spiro atoms. The topological polar surface area (TPSA) is 92.3 Å². The second kappa shape index (κ2) is 10.2. The van der Waals surface area contributed by atoms with Gasteiger partial charge in [-0.25, -0.2) is 26.3 Å². The van der Waals surface area contributed by atoms with Crippen LogP contribution in [0.3, 0.4) is 0 Å². The third kappa shape index (κ3) is 6.82. The van der Waals surface area contributed by atoms with Crippen LogP contribution in [0.5, 0.6) is 0 Å². The Labute approximate surface area is 193 Å². The Morgan fingerprint density at radius 1 is 0.933 bits per heavy atom. The molecule has 0 fully saturated rings. The molecule has 2 N–H and O–H groups in total. The van der Waals surface area contributed by atoms with Crippen molar-refractivity contribution in [2.24, 2.45) is 0 Å². The normalized spacial score (nSPS) is 15.0. The predicted octanol–water partition coefficient (Wildman–Crippen LogP) is 3.91. The van der Waals surface area contributed by atoms with E-state index in [4.69, 9.17) is 34.8 Å². The lowest BCUT2D eigenvalue weighted by Gasteiger charge is -2.32. The van der Waals surface area contributed by atoms with Gasteiger partial charge >= 0.3 is 0 Å². The van der Waals surface area contributed by atoms with E-state index in [0.717, 1.165) is 11.1 Å². The minimum atomic E-state index is -4.14. The molecular weight excluding hydrogens is 491 g/mol. The summed E-state index contributed by atoms with van der Waals surface area (Å²) in [6, 6.07) is 13.4. The van der Waals surface area contributed by atoms with Crippen molar-refractivity contribution in [3.05, 3.63) is 65.7 Å². The highest BCUT2D eigenvalue weighted by Gasteiger charge is 2.46. The molecule has 2 aromatic rings. The molecule has 0 bridgehead atoms. The molecule has 0 saturated carbocycles. The fourth-order valence-electron chi connectivity index (χ4n) is 2.83. The van der Waals surface area contributed by atoms with Crippen LogP contribution in [0.25, 0.3) is 0 Å². The van der Waals surface area contributed by atoms with Gasteiger partial charge in [0.1, 0.15) is 0 Å². The molecule has 11 heteroatoms. The highest BCUT2D eigenvalue weighted by Crippen LogP contribution is 2.35. The Morgan fingerprint density at radius 2 is 1.50 bits per heavy atom. The zero-order valence-corrected chi connectivity index (χ0v) is 20.2. The fourth-order valence-corrected chi connectivity index (χ4v) is 6.91. The molecular formula is C19H23Cl3N2O4S2. The number of sulfonamides is 2. The largest absolute Gasteiger partial charge is 0.241 e. The molecule has 0 saturated heterocycles. The van der Waals surface area contributed by atoms with Gasteiger partial charge in [0.05, 0.1) is 16.2 Å². The molecule has 0 aromatic heterocycles. The summed E-state index contributed by atoms with van der Waals surface area (Å²) in [5.41, 5.74) is 1.60. The molecule has 0 amide bonds. The number of rotatable bonds is 9. The van der Waals surface area contributed by atoms with Gasteiger partial charge < -0.3 is 0 Å². The summed E-state index contributed by atoms with van der Waals surface area (Å²) in [6.45, 7) is 3.42. The summed E-state index contributed by atoms with van der Waals surface area (Å²) in [6.07, 6.45) is 0.0130. The monoisotopic (exact) mass is 512 g/mol. The lowest BCUT2D eigenvalue weighted by Crippen LogP contribution is -2.55. The summed E-state index contributed by atoms with van der Waals surface area (Å²) >= 11 is 18.1. The molecule has 2 rings (SSSR count). The van der Waals surface area contributed by atoms with E-state index in [1.54, 1.807) is 43.3 Å². The third-order valence-electron chi connectivity index (χ3n) is 4.46. The lowest BCUT2D eigenvalue weighted by atomic mass is 10.2. The number of halogens is 3. The Kier molecular flexibility index (Phi) is 8.60. The fraction of sp³-hybridized carbons (Fsp3) is 0.368. The van der Waals surface area contributed by atoms with Crippen LogP contribution >= 0.6 is 34.8 Å². The van der Waals surface area contributed by atoms with Crippen LogP contribution in [0.4, 0.5) is 0 Å². The molecule has 0 radical (unpaired) electrons. The Morgan fingerprint density at radius 3 is 2.00 bits per heavy atom. The Balaban J connectivity index is 2.32. The number of nitrogens with one attached hydrogen (secondary N) is 2. The lowest BCUT2D eigenvalue weighted by molar-refractivity contribution is 0.499. The smallest absolute Gasteiger partial charge is 0.212 e. The third-order valence-corrected chi connectivity index (χ3v) is 8.57. The van der Waals surface area contributed by atoms with Crippen molar-refractivity contribution < 1.29 is 16.8 Å². The van der Waals surface area contributed by atoms with E-state index < -0.39 is 35.1 Å². The zero-order valence-electron chi connectivity index (χ0n) is 16.3. The summed E-state index contributed by atoms with van der Waals surface area (Å²) in [7, 11) is -8.18. The van der Waals surface area contributed by atoms with E-state index in [0.29, 0.717) is 0 Å². The van der Waals surface area contributed by atoms with Crippen LogP contribution in [-0.2, 0) is 26.6 Å². The standard InChI is InChI=1S/C19H23Cl3N2O4S2/c1-3-17(30(27,28)23-13-15-7-5-4-6-8-15)18(19(20,21)22)24-29(25,26)16-11-9-14(2)10-12-16/h4-12,17-18,23-24H,3,13H2,1-2H3/t17-,18-/m1/s1. The number of benzene rings is 2. The maximum Gasteiger partial charge on any atom is 0.241 e. The van der Waals surface area contributed by atoms with E-state index in [-0.39, 0.29) is 17.9 Å². The highest BCUT2D eigenvalue weighted by atomic mass is 35.6. The molecule has 0 aliphatic rings. The van der Waals surface area contributed by atoms with E-state index in [1.807, 2.05) is 13.0 Å². The average molecular weight is 514 g/mol. The SMILES string of the molecule is CC[C@H]([C@@H](NS(=O)(=O)c1ccc(C)cc1)C(Cl)(Cl)Cl)S(=O)(=O)NCc1ccccc1. The predicted molar refractivity (Wildman–Crippen MR) is 122 cm³/mol. The molecule has 166 valence electrons. The summed E-state index contributed by atoms with van der Waals surface area (Å²) in [5.74, 6) is 0. The quantitative estimate of drug-likeness (QED) is 0.497. The minimum Gasteiger partial charge on any atom is -0.212 e. The van der Waals surface area contributed by atoms with Crippen LogP contribution in [0, 0.1) is 6.92 Å². The Hall–Kier alpha value is -0.870. The molecule has 2 aromatic carbocycles. The molecule has 30 heavy (non-hydrogen) atoms. The van der Waals surface area contributed by atoms with Crippen molar-refractivity contribution >= 4 is 54.8 Å². The maximum atomic E-state index is 13.0. The van der Waals surface area contributed by atoms with E-state index in [2.05, 4.69) is 9.44 Å². The van der Waals surface area contributed by atoms with Gasteiger partial charge in [-0.1, -0.05) is 89.8 Å². The first-order chi connectivity index (χ1) is 13.9. The highest BCUT2D eigenvalue weighted by molar-refractivity contribution is 7.90. The van der Waals surface area contributed by atoms with Crippen LogP contribution in [0.15, 0.2) is 59.5 Å². The molecule has 0 aliphatic heterocycles. The van der Waals surface area contributed by atoms with E-state index in [9.17, 15) is 16.8 Å². The second-order valence-electron chi connectivity index (χ2n) is 6.75. The second-order valence-corrected chi connectivity index (χ2v) is 12.8. The van der Waals surface area contributed by atoms with Crippen LogP contribution in [0.2, 0.25) is 0 Å². The van der Waals surface area contributed by atoms with Crippen molar-refractivity contribution in [1.29, 1.82) is 0 Å². The van der Waals surface area contributed by atoms with Gasteiger partial charge in [-0.2, -0.15) is 0 Å². The van der Waals surface area contributed by atoms with Gasteiger partial charge in [-0.3, -0.25) is 0 Å². The number of hydrogen-bond acceptors (Lipinski definition) is 4. The molecule has 0 heterocycles. The van der Waals surface area contributed by atoms with Crippen LogP contribution in [0.1, 0.15) is 24.5 Å². The molecule has 0 unspecified atom stereocenters. The van der Waals surface area contributed by atoms with Crippen molar-refractivity contribution in [1.82, 2.24) is 9.44 Å². The van der Waals surface area contributed by atoms with E-state index in [1.165, 1.54) is 12.1 Å². The van der Waals surface area contributed by atoms with Gasteiger partial charge in [-0.05, 0) is 31.0 Å². The van der Waals surface area contributed by atoms with Crippen molar-refractivity contribution in [3.63, 3.8) is 0 Å². The minimum absolute atomic E-state index is 0.0130.